The van der Waals surface area contributed by atoms with E-state index in [4.69, 9.17) is 19.3 Å². The lowest BCUT2D eigenvalue weighted by atomic mass is 10.0. The predicted octanol–water partition coefficient (Wildman–Crippen LogP) is 6.41. The summed E-state index contributed by atoms with van der Waals surface area (Å²) in [6, 6.07) is 0. The van der Waals surface area contributed by atoms with E-state index < -0.39 is 6.16 Å². The molecule has 0 unspecified atom stereocenters. The second kappa shape index (κ2) is 24.2. The van der Waals surface area contributed by atoms with Crippen LogP contribution in [0.4, 0.5) is 4.79 Å². The lowest BCUT2D eigenvalue weighted by Crippen LogP contribution is -2.13. The zero-order valence-electron chi connectivity index (χ0n) is 18.4. The molecule has 0 aliphatic carbocycles. The van der Waals surface area contributed by atoms with Crippen molar-refractivity contribution in [3.8, 4) is 0 Å². The minimum Gasteiger partial charge on any atom is -0.434 e. The molecule has 1 N–H and O–H groups in total. The van der Waals surface area contributed by atoms with E-state index >= 15 is 0 Å². The molecule has 0 aliphatic rings. The minimum absolute atomic E-state index is 0.0241. The van der Waals surface area contributed by atoms with Crippen molar-refractivity contribution in [2.45, 2.75) is 110 Å². The SMILES string of the molecule is CCCCCCCCCCCCCCCCCCOC(=O)OCCOCCO. The monoisotopic (exact) mass is 402 g/mol. The van der Waals surface area contributed by atoms with Gasteiger partial charge in [-0.15, -0.1) is 0 Å². The number of aliphatic hydroxyl groups excluding tert-OH is 1. The van der Waals surface area contributed by atoms with Gasteiger partial charge >= 0.3 is 6.16 Å². The number of aliphatic hydroxyl groups is 1. The van der Waals surface area contributed by atoms with Gasteiger partial charge in [-0.1, -0.05) is 103 Å². The fraction of sp³-hybridized carbons (Fsp3) is 0.957. The van der Waals surface area contributed by atoms with Crippen LogP contribution in [0, 0.1) is 0 Å². The Kier molecular flexibility index (Phi) is 23.5. The zero-order valence-corrected chi connectivity index (χ0v) is 18.4. The molecule has 0 atom stereocenters. The van der Waals surface area contributed by atoms with Gasteiger partial charge in [0.15, 0.2) is 0 Å². The molecule has 0 amide bonds. The third kappa shape index (κ3) is 23.2. The van der Waals surface area contributed by atoms with E-state index in [-0.39, 0.29) is 26.4 Å². The Morgan fingerprint density at radius 2 is 1.00 bits per heavy atom. The summed E-state index contributed by atoms with van der Waals surface area (Å²) in [4.78, 5) is 11.3. The predicted molar refractivity (Wildman–Crippen MR) is 115 cm³/mol. The van der Waals surface area contributed by atoms with Crippen molar-refractivity contribution < 1.29 is 24.1 Å². The molecule has 0 aromatic rings. The highest BCUT2D eigenvalue weighted by molar-refractivity contribution is 5.59. The van der Waals surface area contributed by atoms with Gasteiger partial charge in [0, 0.05) is 0 Å². The van der Waals surface area contributed by atoms with Crippen LogP contribution in [0.15, 0.2) is 0 Å². The van der Waals surface area contributed by atoms with E-state index in [1.807, 2.05) is 0 Å². The summed E-state index contributed by atoms with van der Waals surface area (Å²) < 4.78 is 14.8. The minimum atomic E-state index is -0.631. The molecule has 0 radical (unpaired) electrons. The lowest BCUT2D eigenvalue weighted by Gasteiger charge is -2.06. The normalized spacial score (nSPS) is 10.9. The molecule has 5 nitrogen and oxygen atoms in total. The Balaban J connectivity index is 3.09. The number of carbonyl (C=O) groups excluding carboxylic acids is 1. The van der Waals surface area contributed by atoms with Crippen molar-refractivity contribution in [2.75, 3.05) is 33.0 Å². The van der Waals surface area contributed by atoms with Crippen LogP contribution in [0.2, 0.25) is 0 Å². The molecular formula is C23H46O5. The van der Waals surface area contributed by atoms with Gasteiger partial charge in [-0.3, -0.25) is 0 Å². The number of unbranched alkanes of at least 4 members (excludes halogenated alkanes) is 15. The summed E-state index contributed by atoms with van der Waals surface area (Å²) in [5, 5.41) is 8.53. The summed E-state index contributed by atoms with van der Waals surface area (Å²) in [7, 11) is 0. The van der Waals surface area contributed by atoms with E-state index in [0.29, 0.717) is 6.61 Å². The maximum Gasteiger partial charge on any atom is 0.508 e. The van der Waals surface area contributed by atoms with Crippen molar-refractivity contribution in [3.05, 3.63) is 0 Å². The first-order chi connectivity index (χ1) is 13.8. The molecule has 0 aliphatic heterocycles. The van der Waals surface area contributed by atoms with E-state index in [1.165, 1.54) is 89.9 Å². The van der Waals surface area contributed by atoms with Gasteiger partial charge in [-0.2, -0.15) is 0 Å². The first-order valence-corrected chi connectivity index (χ1v) is 11.8. The van der Waals surface area contributed by atoms with Crippen molar-refractivity contribution in [1.29, 1.82) is 0 Å². The molecule has 0 bridgehead atoms. The third-order valence-electron chi connectivity index (χ3n) is 4.90. The fourth-order valence-corrected chi connectivity index (χ4v) is 3.20. The molecule has 0 aromatic heterocycles. The van der Waals surface area contributed by atoms with Gasteiger partial charge < -0.3 is 19.3 Å². The average molecular weight is 403 g/mol. The Labute approximate surface area is 173 Å². The van der Waals surface area contributed by atoms with Crippen LogP contribution in [-0.2, 0) is 14.2 Å². The first kappa shape index (κ1) is 27.2. The average Bonchev–Trinajstić information content (AvgIpc) is 2.70. The molecule has 0 fully saturated rings. The maximum atomic E-state index is 11.3. The molecule has 0 heterocycles. The molecular weight excluding hydrogens is 356 g/mol. The molecule has 5 heteroatoms. The largest absolute Gasteiger partial charge is 0.508 e. The van der Waals surface area contributed by atoms with Crippen LogP contribution in [0.25, 0.3) is 0 Å². The number of hydrogen-bond acceptors (Lipinski definition) is 5. The fourth-order valence-electron chi connectivity index (χ4n) is 3.20. The second-order valence-electron chi connectivity index (χ2n) is 7.59. The summed E-state index contributed by atoms with van der Waals surface area (Å²) >= 11 is 0. The van der Waals surface area contributed by atoms with Crippen molar-refractivity contribution in [3.63, 3.8) is 0 Å². The highest BCUT2D eigenvalue weighted by atomic mass is 16.7. The summed E-state index contributed by atoms with van der Waals surface area (Å²) in [6.07, 6.45) is 20.6. The molecule has 168 valence electrons. The Bertz CT molecular complexity index is 309. The standard InChI is InChI=1S/C23H46O5/c1-2-3-4-5-6-7-8-9-10-11-12-13-14-15-16-17-19-27-23(25)28-22-21-26-20-18-24/h24H,2-22H2,1H3. The quantitative estimate of drug-likeness (QED) is 0.167. The van der Waals surface area contributed by atoms with Gasteiger partial charge in [-0.05, 0) is 6.42 Å². The van der Waals surface area contributed by atoms with Crippen LogP contribution >= 0.6 is 0 Å². The van der Waals surface area contributed by atoms with E-state index in [0.717, 1.165) is 12.8 Å². The number of rotatable bonds is 22. The summed E-state index contributed by atoms with van der Waals surface area (Å²) in [5.41, 5.74) is 0. The summed E-state index contributed by atoms with van der Waals surface area (Å²) in [6.45, 7) is 3.39. The van der Waals surface area contributed by atoms with E-state index in [1.54, 1.807) is 0 Å². The highest BCUT2D eigenvalue weighted by Crippen LogP contribution is 2.13. The van der Waals surface area contributed by atoms with E-state index in [9.17, 15) is 4.79 Å². The van der Waals surface area contributed by atoms with Crippen LogP contribution in [-0.4, -0.2) is 44.3 Å². The number of ether oxygens (including phenoxy) is 3. The van der Waals surface area contributed by atoms with Crippen molar-refractivity contribution in [1.82, 2.24) is 0 Å². The van der Waals surface area contributed by atoms with Gasteiger partial charge in [0.05, 0.1) is 26.4 Å². The van der Waals surface area contributed by atoms with Crippen LogP contribution in [0.3, 0.4) is 0 Å². The topological polar surface area (TPSA) is 65.0 Å². The van der Waals surface area contributed by atoms with E-state index in [2.05, 4.69) is 6.92 Å². The lowest BCUT2D eigenvalue weighted by molar-refractivity contribution is 0.0196. The van der Waals surface area contributed by atoms with Crippen molar-refractivity contribution in [2.24, 2.45) is 0 Å². The maximum absolute atomic E-state index is 11.3. The van der Waals surface area contributed by atoms with Crippen molar-refractivity contribution >= 4 is 6.16 Å². The van der Waals surface area contributed by atoms with Gasteiger partial charge in [0.2, 0.25) is 0 Å². The molecule has 0 saturated heterocycles. The van der Waals surface area contributed by atoms with Gasteiger partial charge in [0.25, 0.3) is 0 Å². The Morgan fingerprint density at radius 3 is 1.46 bits per heavy atom. The first-order valence-electron chi connectivity index (χ1n) is 11.8. The summed E-state index contributed by atoms with van der Waals surface area (Å²) in [5.74, 6) is 0. The smallest absolute Gasteiger partial charge is 0.434 e. The van der Waals surface area contributed by atoms with Crippen LogP contribution in [0.5, 0.6) is 0 Å². The van der Waals surface area contributed by atoms with Crippen LogP contribution in [0.1, 0.15) is 110 Å². The molecule has 0 rings (SSSR count). The second-order valence-corrected chi connectivity index (χ2v) is 7.59. The molecule has 0 spiro atoms. The number of carbonyl (C=O) groups is 1. The van der Waals surface area contributed by atoms with Gasteiger partial charge in [0.1, 0.15) is 6.61 Å². The number of hydrogen-bond donors (Lipinski definition) is 1. The Hall–Kier alpha value is -0.810. The van der Waals surface area contributed by atoms with Crippen LogP contribution < -0.4 is 0 Å². The van der Waals surface area contributed by atoms with Gasteiger partial charge in [-0.25, -0.2) is 4.79 Å². The Morgan fingerprint density at radius 1 is 0.571 bits per heavy atom. The molecule has 0 aromatic carbocycles. The highest BCUT2D eigenvalue weighted by Gasteiger charge is 2.03. The molecule has 0 saturated carbocycles. The zero-order chi connectivity index (χ0) is 20.5. The molecule has 28 heavy (non-hydrogen) atoms. The third-order valence-corrected chi connectivity index (χ3v) is 4.90.